The van der Waals surface area contributed by atoms with Crippen LogP contribution in [0.4, 0.5) is 5.82 Å². The molecule has 4 aromatic rings. The molecule has 9 nitrogen and oxygen atoms in total. The third kappa shape index (κ3) is 5.72. The summed E-state index contributed by atoms with van der Waals surface area (Å²) in [5, 5.41) is 0.856. The van der Waals surface area contributed by atoms with E-state index in [4.69, 9.17) is 10.7 Å². The van der Waals surface area contributed by atoms with Crippen molar-refractivity contribution < 1.29 is 9.59 Å². The lowest BCUT2D eigenvalue weighted by atomic mass is 9.90. The summed E-state index contributed by atoms with van der Waals surface area (Å²) in [5.41, 5.74) is 10.1. The van der Waals surface area contributed by atoms with E-state index >= 15 is 0 Å². The summed E-state index contributed by atoms with van der Waals surface area (Å²) in [7, 11) is 0. The Balaban J connectivity index is 1.40. The molecule has 1 saturated heterocycles. The third-order valence-corrected chi connectivity index (χ3v) is 7.57. The highest BCUT2D eigenvalue weighted by molar-refractivity contribution is 5.98. The third-order valence-electron chi connectivity index (χ3n) is 7.57. The average Bonchev–Trinajstić information content (AvgIpc) is 2.96. The van der Waals surface area contributed by atoms with E-state index in [1.165, 1.54) is 0 Å². The van der Waals surface area contributed by atoms with Crippen LogP contribution in [0.25, 0.3) is 10.9 Å². The molecular formula is C30H33N7O2. The Hall–Kier alpha value is -4.40. The molecule has 1 atom stereocenters. The lowest BCUT2D eigenvalue weighted by Gasteiger charge is -2.31. The summed E-state index contributed by atoms with van der Waals surface area (Å²) in [6.45, 7) is 7.30. The van der Waals surface area contributed by atoms with Gasteiger partial charge in [-0.2, -0.15) is 0 Å². The molecule has 3 aromatic heterocycles. The van der Waals surface area contributed by atoms with Crippen molar-refractivity contribution in [2.24, 2.45) is 0 Å². The van der Waals surface area contributed by atoms with Gasteiger partial charge in [-0.15, -0.1) is 0 Å². The molecule has 4 heterocycles. The lowest BCUT2D eigenvalue weighted by Crippen LogP contribution is -2.36. The van der Waals surface area contributed by atoms with Crippen LogP contribution in [-0.2, 0) is 11.3 Å². The Labute approximate surface area is 228 Å². The molecule has 1 fully saturated rings. The van der Waals surface area contributed by atoms with Gasteiger partial charge in [0.25, 0.3) is 5.91 Å². The van der Waals surface area contributed by atoms with Crippen molar-refractivity contribution in [3.8, 4) is 0 Å². The van der Waals surface area contributed by atoms with Gasteiger partial charge >= 0.3 is 0 Å². The number of nitrogens with two attached hydrogens (primary N) is 1. The second-order valence-corrected chi connectivity index (χ2v) is 10.2. The second kappa shape index (κ2) is 11.1. The summed E-state index contributed by atoms with van der Waals surface area (Å²) in [5.74, 6) is 1.40. The highest BCUT2D eigenvalue weighted by Gasteiger charge is 2.26. The fraction of sp³-hybridized carbons (Fsp3) is 0.333. The molecule has 2 N–H and O–H groups in total. The van der Waals surface area contributed by atoms with Crippen molar-refractivity contribution in [1.82, 2.24) is 29.7 Å². The molecule has 1 unspecified atom stereocenters. The molecule has 1 aliphatic heterocycles. The zero-order chi connectivity index (χ0) is 27.5. The summed E-state index contributed by atoms with van der Waals surface area (Å²) in [4.78, 5) is 47.2. The van der Waals surface area contributed by atoms with E-state index < -0.39 is 0 Å². The number of hydrogen-bond donors (Lipinski definition) is 1. The fourth-order valence-corrected chi connectivity index (χ4v) is 5.12. The first-order valence-electron chi connectivity index (χ1n) is 13.2. The Bertz CT molecular complexity index is 1480. The van der Waals surface area contributed by atoms with E-state index in [0.29, 0.717) is 29.7 Å². The van der Waals surface area contributed by atoms with Crippen molar-refractivity contribution in [1.29, 1.82) is 0 Å². The summed E-state index contributed by atoms with van der Waals surface area (Å²) in [6.07, 6.45) is 7.12. The molecule has 39 heavy (non-hydrogen) atoms. The van der Waals surface area contributed by atoms with Crippen LogP contribution in [0.5, 0.6) is 0 Å². The van der Waals surface area contributed by atoms with Crippen LogP contribution in [0.1, 0.15) is 71.7 Å². The van der Waals surface area contributed by atoms with Crippen molar-refractivity contribution in [2.45, 2.75) is 52.1 Å². The SMILES string of the molecule is CC(=O)N1CCC(c2ccc(CN(C(=O)c3ccc4nc(N)c(C)cc4c3)C(C)c3ncccn3)nc2)CC1. The standard InChI is InChI=1S/C30H33N7O2/c1-19-15-25-16-23(6-8-27(25)35-28(19)31)30(39)37(20(2)29-32-11-4-12-33-29)18-26-7-5-24(17-34-26)22-9-13-36(14-10-22)21(3)38/h4-8,11-12,15-17,20,22H,9-10,13-14,18H2,1-3H3,(H2,31,35). The van der Waals surface area contributed by atoms with Crippen LogP contribution >= 0.6 is 0 Å². The fourth-order valence-electron chi connectivity index (χ4n) is 5.12. The Morgan fingerprint density at radius 3 is 2.49 bits per heavy atom. The van der Waals surface area contributed by atoms with E-state index in [1.54, 1.807) is 36.4 Å². The first-order chi connectivity index (χ1) is 18.8. The number of likely N-dealkylation sites (tertiary alicyclic amines) is 1. The van der Waals surface area contributed by atoms with Crippen LogP contribution in [0.3, 0.4) is 0 Å². The van der Waals surface area contributed by atoms with Gasteiger partial charge in [-0.1, -0.05) is 6.07 Å². The number of piperidine rings is 1. The topological polar surface area (TPSA) is 118 Å². The maximum atomic E-state index is 13.9. The molecule has 1 aliphatic rings. The highest BCUT2D eigenvalue weighted by atomic mass is 16.2. The normalized spacial score (nSPS) is 14.8. The summed E-state index contributed by atoms with van der Waals surface area (Å²) in [6, 6.07) is 12.9. The number of aryl methyl sites for hydroxylation is 1. The molecule has 1 aromatic carbocycles. The maximum absolute atomic E-state index is 13.9. The number of benzene rings is 1. The Kier molecular flexibility index (Phi) is 7.49. The van der Waals surface area contributed by atoms with Gasteiger partial charge in [0.15, 0.2) is 0 Å². The number of pyridine rings is 2. The number of hydrogen-bond acceptors (Lipinski definition) is 7. The molecular weight excluding hydrogens is 490 g/mol. The number of fused-ring (bicyclic) bond motifs is 1. The number of anilines is 1. The van der Waals surface area contributed by atoms with Crippen molar-refractivity contribution >= 4 is 28.5 Å². The number of carbonyl (C=O) groups is 2. The number of nitrogen functional groups attached to an aromatic ring is 1. The van der Waals surface area contributed by atoms with Crippen LogP contribution in [-0.4, -0.2) is 54.6 Å². The van der Waals surface area contributed by atoms with Crippen LogP contribution in [0.2, 0.25) is 0 Å². The molecule has 9 heteroatoms. The maximum Gasteiger partial charge on any atom is 0.254 e. The van der Waals surface area contributed by atoms with Crippen molar-refractivity contribution in [2.75, 3.05) is 18.8 Å². The van der Waals surface area contributed by atoms with E-state index in [2.05, 4.69) is 21.0 Å². The van der Waals surface area contributed by atoms with Gasteiger partial charge < -0.3 is 15.5 Å². The molecule has 0 saturated carbocycles. The molecule has 2 amide bonds. The molecule has 5 rings (SSSR count). The summed E-state index contributed by atoms with van der Waals surface area (Å²) < 4.78 is 0. The van der Waals surface area contributed by atoms with Crippen LogP contribution in [0.15, 0.2) is 61.1 Å². The zero-order valence-corrected chi connectivity index (χ0v) is 22.5. The molecule has 0 radical (unpaired) electrons. The number of amides is 2. The smallest absolute Gasteiger partial charge is 0.254 e. The van der Waals surface area contributed by atoms with Gasteiger partial charge in [0.1, 0.15) is 11.6 Å². The minimum Gasteiger partial charge on any atom is -0.383 e. The zero-order valence-electron chi connectivity index (χ0n) is 22.5. The largest absolute Gasteiger partial charge is 0.383 e. The molecule has 0 bridgehead atoms. The Morgan fingerprint density at radius 1 is 1.08 bits per heavy atom. The van der Waals surface area contributed by atoms with Gasteiger partial charge in [-0.25, -0.2) is 15.0 Å². The van der Waals surface area contributed by atoms with E-state index in [9.17, 15) is 9.59 Å². The first-order valence-corrected chi connectivity index (χ1v) is 13.2. The minimum absolute atomic E-state index is 0.130. The minimum atomic E-state index is -0.377. The van der Waals surface area contributed by atoms with Gasteiger partial charge in [-0.05, 0) is 80.1 Å². The molecule has 0 aliphatic carbocycles. The van der Waals surface area contributed by atoms with Crippen molar-refractivity contribution in [3.63, 3.8) is 0 Å². The van der Waals surface area contributed by atoms with Gasteiger partial charge in [0.2, 0.25) is 5.91 Å². The van der Waals surface area contributed by atoms with E-state index in [-0.39, 0.29) is 17.9 Å². The van der Waals surface area contributed by atoms with Crippen LogP contribution < -0.4 is 5.73 Å². The van der Waals surface area contributed by atoms with Crippen LogP contribution in [0, 0.1) is 6.92 Å². The quantitative estimate of drug-likeness (QED) is 0.397. The van der Waals surface area contributed by atoms with Gasteiger partial charge in [0.05, 0.1) is 23.8 Å². The van der Waals surface area contributed by atoms with Gasteiger partial charge in [-0.3, -0.25) is 14.6 Å². The lowest BCUT2D eigenvalue weighted by molar-refractivity contribution is -0.129. The molecule has 0 spiro atoms. The number of carbonyl (C=O) groups excluding carboxylic acids is 2. The summed E-state index contributed by atoms with van der Waals surface area (Å²) >= 11 is 0. The number of nitrogens with zero attached hydrogens (tertiary/aromatic N) is 6. The van der Waals surface area contributed by atoms with E-state index in [0.717, 1.165) is 53.7 Å². The predicted molar refractivity (Wildman–Crippen MR) is 150 cm³/mol. The van der Waals surface area contributed by atoms with Gasteiger partial charge in [0, 0.05) is 49.6 Å². The first kappa shape index (κ1) is 26.2. The monoisotopic (exact) mass is 523 g/mol. The predicted octanol–water partition coefficient (Wildman–Crippen LogP) is 4.44. The van der Waals surface area contributed by atoms with E-state index in [1.807, 2.05) is 49.2 Å². The second-order valence-electron chi connectivity index (χ2n) is 10.2. The average molecular weight is 524 g/mol. The van der Waals surface area contributed by atoms with Crippen molar-refractivity contribution in [3.05, 3.63) is 89.3 Å². The number of rotatable bonds is 6. The number of aromatic nitrogens is 4. The molecule has 200 valence electrons. The highest BCUT2D eigenvalue weighted by Crippen LogP contribution is 2.29. The Morgan fingerprint density at radius 2 is 1.82 bits per heavy atom.